The van der Waals surface area contributed by atoms with Crippen LogP contribution >= 0.6 is 0 Å². The van der Waals surface area contributed by atoms with Gasteiger partial charge in [0.25, 0.3) is 0 Å². The number of carbonyl (C=O) groups excluding carboxylic acids is 1. The molecule has 3 fully saturated rings. The zero-order valence-corrected chi connectivity index (χ0v) is 53.9. The smallest absolute Gasteiger partial charge is 0.220 e. The van der Waals surface area contributed by atoms with E-state index in [0.717, 1.165) is 64.2 Å². The number of hydrogen-bond donors (Lipinski definition) is 12. The van der Waals surface area contributed by atoms with E-state index in [1.807, 2.05) is 6.08 Å². The van der Waals surface area contributed by atoms with E-state index in [9.17, 15) is 61.0 Å². The first-order chi connectivity index (χ1) is 42.8. The summed E-state index contributed by atoms with van der Waals surface area (Å²) < 4.78 is 34.3. The van der Waals surface area contributed by atoms with Crippen LogP contribution in [0.3, 0.4) is 0 Å². The van der Waals surface area contributed by atoms with Crippen molar-refractivity contribution in [3.63, 3.8) is 0 Å². The summed E-state index contributed by atoms with van der Waals surface area (Å²) in [5, 5.41) is 120. The molecule has 19 heteroatoms. The molecule has 88 heavy (non-hydrogen) atoms. The molecule has 0 aromatic rings. The topological polar surface area (TPSA) is 307 Å². The molecular formula is C69H123NO18. The van der Waals surface area contributed by atoms with Crippen LogP contribution in [0.4, 0.5) is 0 Å². The molecule has 17 atom stereocenters. The van der Waals surface area contributed by atoms with E-state index in [1.165, 1.54) is 141 Å². The fourth-order valence-electron chi connectivity index (χ4n) is 11.4. The summed E-state index contributed by atoms with van der Waals surface area (Å²) in [4.78, 5) is 13.4. The highest BCUT2D eigenvalue weighted by Gasteiger charge is 2.53. The van der Waals surface area contributed by atoms with Gasteiger partial charge in [-0.2, -0.15) is 0 Å². The van der Waals surface area contributed by atoms with E-state index in [-0.39, 0.29) is 18.9 Å². The van der Waals surface area contributed by atoms with Crippen molar-refractivity contribution in [3.05, 3.63) is 60.8 Å². The number of rotatable bonds is 52. The molecule has 19 nitrogen and oxygen atoms in total. The van der Waals surface area contributed by atoms with Crippen LogP contribution in [0.15, 0.2) is 60.8 Å². The summed E-state index contributed by atoms with van der Waals surface area (Å²) in [6.07, 6.45) is 34.8. The Bertz CT molecular complexity index is 1830. The lowest BCUT2D eigenvalue weighted by molar-refractivity contribution is -0.379. The maximum absolute atomic E-state index is 13.4. The Labute approximate surface area is 528 Å². The molecule has 12 N–H and O–H groups in total. The molecule has 512 valence electrons. The second-order valence-corrected chi connectivity index (χ2v) is 24.6. The second kappa shape index (κ2) is 51.0. The van der Waals surface area contributed by atoms with Gasteiger partial charge in [-0.1, -0.05) is 222 Å². The predicted octanol–water partition coefficient (Wildman–Crippen LogP) is 8.77. The number of allylic oxidation sites excluding steroid dienone is 9. The fraction of sp³-hybridized carbons (Fsp3) is 0.841. The Kier molecular flexibility index (Phi) is 46.2. The lowest BCUT2D eigenvalue weighted by Crippen LogP contribution is -2.66. The number of aliphatic hydroxyl groups is 11. The summed E-state index contributed by atoms with van der Waals surface area (Å²) >= 11 is 0. The molecule has 0 aromatic heterocycles. The number of nitrogens with one attached hydrogen (secondary N) is 1. The van der Waals surface area contributed by atoms with Gasteiger partial charge in [0.05, 0.1) is 38.6 Å². The first-order valence-electron chi connectivity index (χ1n) is 34.5. The Morgan fingerprint density at radius 3 is 1.22 bits per heavy atom. The normalized spacial score (nSPS) is 28.8. The quantitative estimate of drug-likeness (QED) is 0.0200. The minimum absolute atomic E-state index is 0.229. The van der Waals surface area contributed by atoms with Crippen LogP contribution in [0, 0.1) is 0 Å². The van der Waals surface area contributed by atoms with Crippen LogP contribution in [-0.4, -0.2) is 193 Å². The SMILES string of the molecule is CCCCCCC/C=C\C/C=C\C/C=C\CCCCCCCCCCCCC(=O)NC(COC1OC(CO)C(OC2OC(CO)C(OC3OC(CO)C(O)C(O)C3O)C(O)C2O)C(O)C1O)C(O)/C=C/CC/C=C/CCCCCCCCCCCCCC. The van der Waals surface area contributed by atoms with Crippen LogP contribution in [-0.2, 0) is 33.2 Å². The molecule has 3 rings (SSSR count). The first-order valence-corrected chi connectivity index (χ1v) is 34.5. The average molecular weight is 1250 g/mol. The van der Waals surface area contributed by atoms with Crippen LogP contribution < -0.4 is 5.32 Å². The number of amides is 1. The predicted molar refractivity (Wildman–Crippen MR) is 342 cm³/mol. The Morgan fingerprint density at radius 1 is 0.409 bits per heavy atom. The van der Waals surface area contributed by atoms with Gasteiger partial charge in [0.2, 0.25) is 5.91 Å². The number of hydrogen-bond acceptors (Lipinski definition) is 18. The van der Waals surface area contributed by atoms with Crippen LogP contribution in [0.2, 0.25) is 0 Å². The molecular weight excluding hydrogens is 1130 g/mol. The van der Waals surface area contributed by atoms with Crippen molar-refractivity contribution >= 4 is 5.91 Å². The summed E-state index contributed by atoms with van der Waals surface area (Å²) in [6, 6.07) is -0.995. The molecule has 3 aliphatic heterocycles. The summed E-state index contributed by atoms with van der Waals surface area (Å²) in [6.45, 7) is 1.70. The molecule has 0 aromatic carbocycles. The van der Waals surface area contributed by atoms with Gasteiger partial charge in [0, 0.05) is 6.42 Å². The first kappa shape index (κ1) is 79.7. The minimum atomic E-state index is -1.98. The molecule has 0 saturated carbocycles. The van der Waals surface area contributed by atoms with Gasteiger partial charge >= 0.3 is 0 Å². The van der Waals surface area contributed by atoms with Crippen molar-refractivity contribution in [1.82, 2.24) is 5.32 Å². The maximum atomic E-state index is 13.4. The standard InChI is InChI=1S/C69H123NO18/c1-3-5-7-9-11-13-15-17-19-21-23-24-25-26-27-28-29-31-33-35-37-39-41-43-45-47-57(75)70-52(53(74)46-44-42-40-38-36-34-32-30-22-20-18-16-14-12-10-8-6-4-2)51-83-67-63(81)60(78)65(55(49-72)85-67)88-69-64(82)61(79)66(56(50-73)86-69)87-68-62(80)59(77)58(76)54(48-71)84-68/h15,17,21,23,25-26,36,38,44,46,52-56,58-69,71-74,76-82H,3-14,16,18-20,22,24,27-35,37,39-43,45,47-51H2,1-2H3,(H,70,75)/b17-15-,23-21-,26-25-,38-36+,46-44+. The average Bonchev–Trinajstić information content (AvgIpc) is 3.70. The molecule has 17 unspecified atom stereocenters. The third-order valence-electron chi connectivity index (χ3n) is 17.0. The molecule has 0 bridgehead atoms. The maximum Gasteiger partial charge on any atom is 0.220 e. The van der Waals surface area contributed by atoms with Gasteiger partial charge in [-0.15, -0.1) is 0 Å². The summed E-state index contributed by atoms with van der Waals surface area (Å²) in [7, 11) is 0. The largest absolute Gasteiger partial charge is 0.394 e. The molecule has 1 amide bonds. The highest BCUT2D eigenvalue weighted by Crippen LogP contribution is 2.33. The number of carbonyl (C=O) groups is 1. The fourth-order valence-corrected chi connectivity index (χ4v) is 11.4. The van der Waals surface area contributed by atoms with Gasteiger partial charge in [-0.05, 0) is 70.6 Å². The third kappa shape index (κ3) is 32.9. The van der Waals surface area contributed by atoms with E-state index in [2.05, 4.69) is 67.8 Å². The molecule has 0 radical (unpaired) electrons. The highest BCUT2D eigenvalue weighted by atomic mass is 16.8. The van der Waals surface area contributed by atoms with Crippen molar-refractivity contribution in [2.45, 2.75) is 343 Å². The van der Waals surface area contributed by atoms with Gasteiger partial charge < -0.3 is 89.9 Å². The van der Waals surface area contributed by atoms with E-state index < -0.39 is 124 Å². The van der Waals surface area contributed by atoms with E-state index in [1.54, 1.807) is 6.08 Å². The molecule has 3 heterocycles. The van der Waals surface area contributed by atoms with E-state index in [0.29, 0.717) is 12.8 Å². The van der Waals surface area contributed by atoms with Crippen LogP contribution in [0.1, 0.15) is 239 Å². The lowest BCUT2D eigenvalue weighted by Gasteiger charge is -2.48. The lowest BCUT2D eigenvalue weighted by atomic mass is 9.96. The molecule has 0 aliphatic carbocycles. The van der Waals surface area contributed by atoms with Crippen molar-refractivity contribution < 1.29 is 89.4 Å². The monoisotopic (exact) mass is 1250 g/mol. The van der Waals surface area contributed by atoms with Crippen LogP contribution in [0.25, 0.3) is 0 Å². The second-order valence-electron chi connectivity index (χ2n) is 24.6. The molecule has 0 spiro atoms. The van der Waals surface area contributed by atoms with E-state index >= 15 is 0 Å². The third-order valence-corrected chi connectivity index (χ3v) is 17.0. The van der Waals surface area contributed by atoms with Crippen molar-refractivity contribution in [2.75, 3.05) is 26.4 Å². The van der Waals surface area contributed by atoms with Crippen LogP contribution in [0.5, 0.6) is 0 Å². The van der Waals surface area contributed by atoms with Crippen molar-refractivity contribution in [3.8, 4) is 0 Å². The van der Waals surface area contributed by atoms with Crippen molar-refractivity contribution in [1.29, 1.82) is 0 Å². The Balaban J connectivity index is 1.45. The van der Waals surface area contributed by atoms with Gasteiger partial charge in [0.1, 0.15) is 73.2 Å². The number of aliphatic hydroxyl groups excluding tert-OH is 11. The van der Waals surface area contributed by atoms with Gasteiger partial charge in [0.15, 0.2) is 18.9 Å². The highest BCUT2D eigenvalue weighted by molar-refractivity contribution is 5.76. The minimum Gasteiger partial charge on any atom is -0.394 e. The zero-order valence-electron chi connectivity index (χ0n) is 53.9. The number of unbranched alkanes of at least 4 members (excludes halogenated alkanes) is 28. The Morgan fingerprint density at radius 2 is 0.761 bits per heavy atom. The Hall–Kier alpha value is -2.51. The van der Waals surface area contributed by atoms with Gasteiger partial charge in [-0.25, -0.2) is 0 Å². The summed E-state index contributed by atoms with van der Waals surface area (Å²) in [5.41, 5.74) is 0. The van der Waals surface area contributed by atoms with Gasteiger partial charge in [-0.3, -0.25) is 4.79 Å². The zero-order chi connectivity index (χ0) is 64.0. The summed E-state index contributed by atoms with van der Waals surface area (Å²) in [5.74, 6) is -0.290. The molecule has 3 saturated heterocycles. The molecule has 3 aliphatic rings. The van der Waals surface area contributed by atoms with E-state index in [4.69, 9.17) is 28.4 Å². The number of ether oxygens (including phenoxy) is 6. The van der Waals surface area contributed by atoms with Crippen molar-refractivity contribution in [2.24, 2.45) is 0 Å².